The Balaban J connectivity index is 4.18. The topological polar surface area (TPSA) is 108 Å². The largest absolute Gasteiger partial charge is 0.477 e. The van der Waals surface area contributed by atoms with E-state index in [0.29, 0.717) is 17.4 Å². The Kier molecular flexibility index (Phi) is 49.9. The number of carbonyl (C=O) groups is 3. The van der Waals surface area contributed by atoms with Crippen molar-refractivity contribution in [3.63, 3.8) is 0 Å². The minimum atomic E-state index is -1.51. The van der Waals surface area contributed by atoms with Gasteiger partial charge in [0.2, 0.25) is 0 Å². The summed E-state index contributed by atoms with van der Waals surface area (Å²) in [5.74, 6) is -1.98. The molecule has 0 bridgehead atoms. The predicted octanol–water partition coefficient (Wildman–Crippen LogP) is 17.0. The van der Waals surface area contributed by atoms with E-state index in [4.69, 9.17) is 18.9 Å². The van der Waals surface area contributed by atoms with Crippen molar-refractivity contribution in [1.29, 1.82) is 0 Å². The van der Waals surface area contributed by atoms with Crippen molar-refractivity contribution in [2.45, 2.75) is 302 Å². The molecule has 9 heteroatoms. The smallest absolute Gasteiger partial charge is 0.361 e. The van der Waals surface area contributed by atoms with Crippen LogP contribution in [-0.4, -0.2) is 87.4 Å². The molecule has 0 fully saturated rings. The second-order valence-electron chi connectivity index (χ2n) is 21.3. The first-order valence-corrected chi connectivity index (χ1v) is 29.4. The molecule has 0 amide bonds. The van der Waals surface area contributed by atoms with Gasteiger partial charge < -0.3 is 28.5 Å². The van der Waals surface area contributed by atoms with Crippen LogP contribution in [0, 0.1) is 0 Å². The summed E-state index contributed by atoms with van der Waals surface area (Å²) >= 11 is 0. The number of carboxylic acids is 1. The molecule has 402 valence electrons. The van der Waals surface area contributed by atoms with Crippen LogP contribution in [0.1, 0.15) is 290 Å². The Morgan fingerprint density at radius 1 is 0.426 bits per heavy atom. The van der Waals surface area contributed by atoms with Crippen LogP contribution in [0.3, 0.4) is 0 Å². The van der Waals surface area contributed by atoms with Crippen molar-refractivity contribution in [2.24, 2.45) is 0 Å². The molecule has 2 unspecified atom stereocenters. The summed E-state index contributed by atoms with van der Waals surface area (Å²) in [6.45, 7) is 4.93. The monoisotopic (exact) mass is 965 g/mol. The van der Waals surface area contributed by atoms with Gasteiger partial charge in [0.1, 0.15) is 13.2 Å². The number of hydrogen-bond donors (Lipinski definition) is 1. The molecule has 68 heavy (non-hydrogen) atoms. The number of ether oxygens (including phenoxy) is 4. The molecule has 1 N–H and O–H groups in total. The number of likely N-dealkylation sites (N-methyl/N-ethyl adjacent to an activating group) is 1. The van der Waals surface area contributed by atoms with Gasteiger partial charge in [0.05, 0.1) is 34.4 Å². The van der Waals surface area contributed by atoms with Crippen LogP contribution < -0.4 is 0 Å². The standard InChI is InChI=1S/C59H113NO8/c1-6-8-10-12-14-16-18-20-22-24-26-27-28-29-30-32-33-35-37-39-41-43-45-47-49-56(61)66-53-55(54-67-59(58(63)64)65-52-51-60(3,4)5)68-57(62)50-48-46-44-42-40-38-36-34-31-25-23-21-19-17-15-13-11-9-7-2/h21,23,55,59H,6-20,22,24-54H2,1-5H3/p+1/b23-21-. The first-order chi connectivity index (χ1) is 33.1. The zero-order chi connectivity index (χ0) is 49.9. The molecule has 0 heterocycles. The van der Waals surface area contributed by atoms with E-state index in [1.165, 1.54) is 225 Å². The molecule has 0 aliphatic heterocycles. The van der Waals surface area contributed by atoms with Crippen molar-refractivity contribution in [1.82, 2.24) is 0 Å². The van der Waals surface area contributed by atoms with Crippen LogP contribution in [0.4, 0.5) is 0 Å². The Morgan fingerprint density at radius 3 is 1.09 bits per heavy atom. The van der Waals surface area contributed by atoms with Crippen molar-refractivity contribution >= 4 is 17.9 Å². The molecule has 0 saturated carbocycles. The van der Waals surface area contributed by atoms with E-state index in [1.54, 1.807) is 0 Å². The maximum atomic E-state index is 12.9. The van der Waals surface area contributed by atoms with E-state index in [0.717, 1.165) is 38.5 Å². The lowest BCUT2D eigenvalue weighted by molar-refractivity contribution is -0.870. The van der Waals surface area contributed by atoms with Crippen LogP contribution in [0.25, 0.3) is 0 Å². The summed E-state index contributed by atoms with van der Waals surface area (Å²) in [6.07, 6.45) is 55.7. The molecule has 0 aliphatic rings. The normalized spacial score (nSPS) is 12.8. The third kappa shape index (κ3) is 51.9. The zero-order valence-electron chi connectivity index (χ0n) is 45.8. The summed E-state index contributed by atoms with van der Waals surface area (Å²) < 4.78 is 22.9. The molecule has 0 saturated heterocycles. The highest BCUT2D eigenvalue weighted by molar-refractivity contribution is 5.71. The van der Waals surface area contributed by atoms with Gasteiger partial charge in [-0.25, -0.2) is 4.79 Å². The van der Waals surface area contributed by atoms with Gasteiger partial charge in [0.25, 0.3) is 6.29 Å². The number of carboxylic acid groups (broad SMARTS) is 1. The number of rotatable bonds is 55. The number of aliphatic carboxylic acids is 1. The average Bonchev–Trinajstić information content (AvgIpc) is 3.30. The van der Waals surface area contributed by atoms with E-state index < -0.39 is 24.3 Å². The fourth-order valence-corrected chi connectivity index (χ4v) is 8.72. The lowest BCUT2D eigenvalue weighted by atomic mass is 10.0. The van der Waals surface area contributed by atoms with Gasteiger partial charge in [-0.3, -0.25) is 9.59 Å². The van der Waals surface area contributed by atoms with Crippen LogP contribution >= 0.6 is 0 Å². The Labute approximate surface area is 421 Å². The lowest BCUT2D eigenvalue weighted by Gasteiger charge is -2.25. The van der Waals surface area contributed by atoms with E-state index in [1.807, 2.05) is 21.1 Å². The summed E-state index contributed by atoms with van der Waals surface area (Å²) in [5, 5.41) is 9.70. The lowest BCUT2D eigenvalue weighted by Crippen LogP contribution is -2.40. The van der Waals surface area contributed by atoms with Crippen molar-refractivity contribution in [3.05, 3.63) is 12.2 Å². The third-order valence-electron chi connectivity index (χ3n) is 13.3. The molecular formula is C59H114NO8+. The predicted molar refractivity (Wildman–Crippen MR) is 286 cm³/mol. The summed E-state index contributed by atoms with van der Waals surface area (Å²) in [7, 11) is 5.98. The summed E-state index contributed by atoms with van der Waals surface area (Å²) in [4.78, 5) is 37.4. The molecule has 0 radical (unpaired) electrons. The van der Waals surface area contributed by atoms with E-state index in [2.05, 4.69) is 26.0 Å². The van der Waals surface area contributed by atoms with Gasteiger partial charge in [-0.05, 0) is 38.5 Å². The number of nitrogens with zero attached hydrogens (tertiary/aromatic N) is 1. The summed E-state index contributed by atoms with van der Waals surface area (Å²) in [5.41, 5.74) is 0. The van der Waals surface area contributed by atoms with Gasteiger partial charge in [0.15, 0.2) is 6.10 Å². The molecule has 0 rings (SSSR count). The van der Waals surface area contributed by atoms with E-state index in [-0.39, 0.29) is 32.2 Å². The highest BCUT2D eigenvalue weighted by Crippen LogP contribution is 2.17. The fourth-order valence-electron chi connectivity index (χ4n) is 8.72. The van der Waals surface area contributed by atoms with Crippen molar-refractivity contribution in [2.75, 3.05) is 47.5 Å². The minimum Gasteiger partial charge on any atom is -0.477 e. The number of unbranched alkanes of at least 4 members (excludes halogenated alkanes) is 38. The maximum absolute atomic E-state index is 12.9. The molecular weight excluding hydrogens is 851 g/mol. The van der Waals surface area contributed by atoms with Gasteiger partial charge in [-0.2, -0.15) is 0 Å². The number of carbonyl (C=O) groups excluding carboxylic acids is 2. The van der Waals surface area contributed by atoms with Crippen LogP contribution in [0.2, 0.25) is 0 Å². The quantitative estimate of drug-likeness (QED) is 0.0211. The van der Waals surface area contributed by atoms with Crippen LogP contribution in [0.15, 0.2) is 12.2 Å². The second-order valence-corrected chi connectivity index (χ2v) is 21.3. The highest BCUT2D eigenvalue weighted by atomic mass is 16.7. The second kappa shape index (κ2) is 51.4. The van der Waals surface area contributed by atoms with Crippen LogP contribution in [0.5, 0.6) is 0 Å². The van der Waals surface area contributed by atoms with E-state index >= 15 is 0 Å². The van der Waals surface area contributed by atoms with Gasteiger partial charge in [-0.1, -0.05) is 251 Å². The molecule has 0 spiro atoms. The summed E-state index contributed by atoms with van der Waals surface area (Å²) in [6, 6.07) is 0. The maximum Gasteiger partial charge on any atom is 0.361 e. The first kappa shape index (κ1) is 66.0. The van der Waals surface area contributed by atoms with Crippen molar-refractivity contribution < 1.29 is 42.9 Å². The van der Waals surface area contributed by atoms with Gasteiger partial charge >= 0.3 is 17.9 Å². The highest BCUT2D eigenvalue weighted by Gasteiger charge is 2.25. The van der Waals surface area contributed by atoms with E-state index in [9.17, 15) is 19.5 Å². The molecule has 0 aliphatic carbocycles. The van der Waals surface area contributed by atoms with Gasteiger partial charge in [-0.15, -0.1) is 0 Å². The van der Waals surface area contributed by atoms with Crippen LogP contribution in [-0.2, 0) is 33.3 Å². The minimum absolute atomic E-state index is 0.176. The molecule has 9 nitrogen and oxygen atoms in total. The third-order valence-corrected chi connectivity index (χ3v) is 13.3. The Morgan fingerprint density at radius 2 is 0.750 bits per heavy atom. The number of quaternary nitrogens is 1. The molecule has 0 aromatic heterocycles. The molecule has 0 aromatic rings. The number of esters is 2. The van der Waals surface area contributed by atoms with Crippen molar-refractivity contribution in [3.8, 4) is 0 Å². The molecule has 0 aromatic carbocycles. The first-order valence-electron chi connectivity index (χ1n) is 29.4. The van der Waals surface area contributed by atoms with Gasteiger partial charge in [0, 0.05) is 12.8 Å². The number of allylic oxidation sites excluding steroid dienone is 2. The Hall–Kier alpha value is -1.97. The SMILES string of the molecule is CCCCCCCC/C=C\CCCCCCCCCCCC(=O)OC(COC(=O)CCCCCCCCCCCCCCCCCCCCCCCCCC)COC(OCC[N+](C)(C)C)C(=O)O. The fraction of sp³-hybridized carbons (Fsp3) is 0.915. The number of hydrogen-bond acceptors (Lipinski definition) is 7. The average molecular weight is 966 g/mol. The molecule has 2 atom stereocenters. The zero-order valence-corrected chi connectivity index (χ0v) is 45.8. The Bertz CT molecular complexity index is 1120.